The van der Waals surface area contributed by atoms with Gasteiger partial charge in [-0.3, -0.25) is 9.59 Å². The summed E-state index contributed by atoms with van der Waals surface area (Å²) in [4.78, 5) is 28.4. The van der Waals surface area contributed by atoms with Crippen LogP contribution in [-0.2, 0) is 4.74 Å². The molecule has 0 unspecified atom stereocenters. The molecule has 3 aromatic rings. The van der Waals surface area contributed by atoms with Crippen LogP contribution >= 0.6 is 23.2 Å². The normalized spacial score (nSPS) is 21.2. The first-order valence-corrected chi connectivity index (χ1v) is 10.2. The van der Waals surface area contributed by atoms with Gasteiger partial charge in [0.15, 0.2) is 5.43 Å². The van der Waals surface area contributed by atoms with Crippen LogP contribution in [0.15, 0.2) is 51.7 Å². The van der Waals surface area contributed by atoms with Crippen LogP contribution in [0.4, 0.5) is 0 Å². The number of carbonyl (C=O) groups is 1. The van der Waals surface area contributed by atoms with Crippen molar-refractivity contribution >= 4 is 40.1 Å². The molecule has 2 aliphatic heterocycles. The third-order valence-corrected chi connectivity index (χ3v) is 6.02. The predicted octanol–water partition coefficient (Wildman–Crippen LogP) is 4.82. The predicted molar refractivity (Wildman–Crippen MR) is 111 cm³/mol. The van der Waals surface area contributed by atoms with Gasteiger partial charge in [0.05, 0.1) is 23.1 Å². The molecule has 2 aromatic carbocycles. The maximum Gasteiger partial charge on any atom is 0.291 e. The van der Waals surface area contributed by atoms with Crippen LogP contribution in [0.2, 0.25) is 10.0 Å². The number of amides is 1. The Labute approximate surface area is 176 Å². The Morgan fingerprint density at radius 1 is 1.03 bits per heavy atom. The summed E-state index contributed by atoms with van der Waals surface area (Å²) in [6, 6.07) is 11.4. The highest BCUT2D eigenvalue weighted by Crippen LogP contribution is 2.39. The molecule has 0 radical (unpaired) electrons. The number of fused-ring (bicyclic) bond motifs is 2. The fourth-order valence-corrected chi connectivity index (χ4v) is 4.48. The molecule has 2 atom stereocenters. The standard InChI is InChI=1S/C22H17Cl2NO4/c23-13-5-3-12(4-6-13)19-18-20(26)16-10-14(24)7-8-17(16)29-21(18)22(27)25(19)11-15-2-1-9-28-15/h3-8,10,15,19H,1-2,9,11H2/t15-,19+/m1/s1. The highest BCUT2D eigenvalue weighted by atomic mass is 35.5. The Morgan fingerprint density at radius 2 is 1.79 bits per heavy atom. The summed E-state index contributed by atoms with van der Waals surface area (Å²) >= 11 is 12.1. The van der Waals surface area contributed by atoms with E-state index in [2.05, 4.69) is 0 Å². The zero-order chi connectivity index (χ0) is 20.1. The van der Waals surface area contributed by atoms with Gasteiger partial charge >= 0.3 is 0 Å². The topological polar surface area (TPSA) is 59.8 Å². The number of halogens is 2. The average molecular weight is 430 g/mol. The van der Waals surface area contributed by atoms with Gasteiger partial charge in [0.1, 0.15) is 5.58 Å². The van der Waals surface area contributed by atoms with Crippen molar-refractivity contribution in [1.29, 1.82) is 0 Å². The fraction of sp³-hybridized carbons (Fsp3) is 0.273. The van der Waals surface area contributed by atoms with E-state index in [1.165, 1.54) is 0 Å². The van der Waals surface area contributed by atoms with Gasteiger partial charge in [-0.25, -0.2) is 0 Å². The van der Waals surface area contributed by atoms with Gasteiger partial charge < -0.3 is 14.1 Å². The zero-order valence-corrected chi connectivity index (χ0v) is 16.9. The zero-order valence-electron chi connectivity index (χ0n) is 15.4. The Bertz CT molecular complexity index is 1170. The lowest BCUT2D eigenvalue weighted by Gasteiger charge is -2.27. The number of rotatable bonds is 3. The van der Waals surface area contributed by atoms with Gasteiger partial charge in [0, 0.05) is 23.2 Å². The van der Waals surface area contributed by atoms with E-state index in [-0.39, 0.29) is 23.2 Å². The quantitative estimate of drug-likeness (QED) is 0.598. The average Bonchev–Trinajstić information content (AvgIpc) is 3.32. The van der Waals surface area contributed by atoms with Crippen molar-refractivity contribution in [2.75, 3.05) is 13.2 Å². The minimum absolute atomic E-state index is 0.0537. The lowest BCUT2D eigenvalue weighted by molar-refractivity contribution is 0.0486. The van der Waals surface area contributed by atoms with Crippen molar-refractivity contribution in [2.24, 2.45) is 0 Å². The molecule has 1 saturated heterocycles. The van der Waals surface area contributed by atoms with Gasteiger partial charge in [-0.1, -0.05) is 35.3 Å². The number of nitrogens with zero attached hydrogens (tertiary/aromatic N) is 1. The summed E-state index contributed by atoms with van der Waals surface area (Å²) in [7, 11) is 0. The molecular formula is C22H17Cl2NO4. The molecule has 1 amide bonds. The molecular weight excluding hydrogens is 413 g/mol. The van der Waals surface area contributed by atoms with Crippen LogP contribution in [0.3, 0.4) is 0 Å². The molecule has 7 heteroatoms. The van der Waals surface area contributed by atoms with E-state index in [1.807, 2.05) is 12.1 Å². The van der Waals surface area contributed by atoms with E-state index in [1.54, 1.807) is 35.2 Å². The molecule has 3 heterocycles. The van der Waals surface area contributed by atoms with Crippen molar-refractivity contribution in [2.45, 2.75) is 25.0 Å². The van der Waals surface area contributed by atoms with Gasteiger partial charge in [0.2, 0.25) is 5.76 Å². The van der Waals surface area contributed by atoms with E-state index >= 15 is 0 Å². The Balaban J connectivity index is 1.71. The lowest BCUT2D eigenvalue weighted by atomic mass is 9.98. The van der Waals surface area contributed by atoms with Crippen LogP contribution in [-0.4, -0.2) is 30.1 Å². The Kier molecular flexibility index (Phi) is 4.62. The second kappa shape index (κ2) is 7.17. The first kappa shape index (κ1) is 18.7. The monoisotopic (exact) mass is 429 g/mol. The van der Waals surface area contributed by atoms with Crippen molar-refractivity contribution in [3.8, 4) is 0 Å². The van der Waals surface area contributed by atoms with Crippen LogP contribution in [0, 0.1) is 0 Å². The van der Waals surface area contributed by atoms with Crippen molar-refractivity contribution in [1.82, 2.24) is 4.90 Å². The maximum atomic E-state index is 13.4. The summed E-state index contributed by atoms with van der Waals surface area (Å²) < 4.78 is 11.7. The van der Waals surface area contributed by atoms with E-state index in [9.17, 15) is 9.59 Å². The molecule has 29 heavy (non-hydrogen) atoms. The Hall–Kier alpha value is -2.34. The number of benzene rings is 2. The molecule has 5 nitrogen and oxygen atoms in total. The molecule has 2 aliphatic rings. The minimum Gasteiger partial charge on any atom is -0.450 e. The third kappa shape index (κ3) is 3.14. The minimum atomic E-state index is -0.557. The van der Waals surface area contributed by atoms with Crippen LogP contribution in [0.5, 0.6) is 0 Å². The number of ether oxygens (including phenoxy) is 1. The first-order valence-electron chi connectivity index (χ1n) is 9.47. The molecule has 148 valence electrons. The summed E-state index contributed by atoms with van der Waals surface area (Å²) in [5, 5.41) is 1.39. The van der Waals surface area contributed by atoms with Crippen molar-refractivity contribution < 1.29 is 13.9 Å². The molecule has 1 aromatic heterocycles. The smallest absolute Gasteiger partial charge is 0.291 e. The summed E-state index contributed by atoms with van der Waals surface area (Å²) in [5.41, 5.74) is 1.24. The largest absolute Gasteiger partial charge is 0.450 e. The summed E-state index contributed by atoms with van der Waals surface area (Å²) in [6.07, 6.45) is 1.79. The van der Waals surface area contributed by atoms with Crippen LogP contribution < -0.4 is 5.43 Å². The number of carbonyl (C=O) groups excluding carboxylic acids is 1. The van der Waals surface area contributed by atoms with Gasteiger partial charge in [0.25, 0.3) is 5.91 Å². The number of hydrogen-bond donors (Lipinski definition) is 0. The second-order valence-corrected chi connectivity index (χ2v) is 8.23. The lowest BCUT2D eigenvalue weighted by Crippen LogP contribution is -2.36. The van der Waals surface area contributed by atoms with Crippen LogP contribution in [0.25, 0.3) is 11.0 Å². The van der Waals surface area contributed by atoms with E-state index in [0.29, 0.717) is 39.7 Å². The SMILES string of the molecule is O=C1c2oc3ccc(Cl)cc3c(=O)c2[C@H](c2ccc(Cl)cc2)N1C[C@H]1CCCO1. The van der Waals surface area contributed by atoms with E-state index in [0.717, 1.165) is 18.4 Å². The molecule has 0 saturated carbocycles. The number of hydrogen-bond acceptors (Lipinski definition) is 4. The third-order valence-electron chi connectivity index (χ3n) is 5.54. The van der Waals surface area contributed by atoms with E-state index < -0.39 is 6.04 Å². The molecule has 1 fully saturated rings. The summed E-state index contributed by atoms with van der Waals surface area (Å²) in [5.74, 6) is -0.216. The van der Waals surface area contributed by atoms with Gasteiger partial charge in [-0.15, -0.1) is 0 Å². The molecule has 5 rings (SSSR count). The first-order chi connectivity index (χ1) is 14.0. The second-order valence-electron chi connectivity index (χ2n) is 7.36. The van der Waals surface area contributed by atoms with Gasteiger partial charge in [-0.05, 0) is 48.7 Å². The molecule has 0 spiro atoms. The fourth-order valence-electron chi connectivity index (χ4n) is 4.18. The highest BCUT2D eigenvalue weighted by molar-refractivity contribution is 6.31. The molecule has 0 aliphatic carbocycles. The molecule has 0 N–H and O–H groups in total. The Morgan fingerprint density at radius 3 is 2.52 bits per heavy atom. The van der Waals surface area contributed by atoms with Crippen molar-refractivity contribution in [3.05, 3.63) is 79.6 Å². The van der Waals surface area contributed by atoms with Crippen molar-refractivity contribution in [3.63, 3.8) is 0 Å². The van der Waals surface area contributed by atoms with Gasteiger partial charge in [-0.2, -0.15) is 0 Å². The molecule has 0 bridgehead atoms. The van der Waals surface area contributed by atoms with Crippen LogP contribution in [0.1, 0.15) is 40.6 Å². The summed E-state index contributed by atoms with van der Waals surface area (Å²) in [6.45, 7) is 1.08. The van der Waals surface area contributed by atoms with E-state index in [4.69, 9.17) is 32.4 Å². The maximum absolute atomic E-state index is 13.4. The highest BCUT2D eigenvalue weighted by Gasteiger charge is 2.43.